The lowest BCUT2D eigenvalue weighted by Gasteiger charge is -2.17. The SMILES string of the molecule is COc1ncccc1CNC(CC(C)C)C(=O)O. The molecule has 5 heteroatoms. The van der Waals surface area contributed by atoms with Crippen molar-refractivity contribution in [2.45, 2.75) is 32.9 Å². The van der Waals surface area contributed by atoms with E-state index in [1.807, 2.05) is 19.9 Å². The van der Waals surface area contributed by atoms with Crippen molar-refractivity contribution >= 4 is 5.97 Å². The molecule has 1 atom stereocenters. The number of carbonyl (C=O) groups is 1. The minimum absolute atomic E-state index is 0.328. The van der Waals surface area contributed by atoms with E-state index in [0.717, 1.165) is 5.56 Å². The highest BCUT2D eigenvalue weighted by Gasteiger charge is 2.18. The molecule has 0 fully saturated rings. The van der Waals surface area contributed by atoms with Gasteiger partial charge in [-0.3, -0.25) is 4.79 Å². The predicted octanol–water partition coefficient (Wildman–Crippen LogP) is 1.68. The lowest BCUT2D eigenvalue weighted by Crippen LogP contribution is -2.37. The van der Waals surface area contributed by atoms with Gasteiger partial charge in [0.2, 0.25) is 5.88 Å². The number of carboxylic acids is 1. The number of pyridine rings is 1. The summed E-state index contributed by atoms with van der Waals surface area (Å²) < 4.78 is 5.12. The number of carboxylic acid groups (broad SMARTS) is 1. The van der Waals surface area contributed by atoms with E-state index >= 15 is 0 Å². The van der Waals surface area contributed by atoms with Crippen molar-refractivity contribution in [1.29, 1.82) is 0 Å². The maximum Gasteiger partial charge on any atom is 0.320 e. The van der Waals surface area contributed by atoms with Crippen molar-refractivity contribution in [2.24, 2.45) is 5.92 Å². The third-order valence-corrected chi connectivity index (χ3v) is 2.59. The molecule has 1 rings (SSSR count). The van der Waals surface area contributed by atoms with Gasteiger partial charge in [0, 0.05) is 18.3 Å². The molecule has 1 aromatic heterocycles. The van der Waals surface area contributed by atoms with Gasteiger partial charge in [-0.05, 0) is 18.4 Å². The fourth-order valence-electron chi connectivity index (χ4n) is 1.72. The Morgan fingerprint density at radius 2 is 2.28 bits per heavy atom. The van der Waals surface area contributed by atoms with Crippen LogP contribution in [0.25, 0.3) is 0 Å². The quantitative estimate of drug-likeness (QED) is 0.772. The van der Waals surface area contributed by atoms with Gasteiger partial charge in [-0.25, -0.2) is 4.98 Å². The zero-order valence-electron chi connectivity index (χ0n) is 11.0. The second kappa shape index (κ2) is 6.96. The molecular formula is C13H20N2O3. The molecule has 0 aliphatic heterocycles. The number of rotatable bonds is 7. The Balaban J connectivity index is 2.64. The minimum atomic E-state index is -0.827. The van der Waals surface area contributed by atoms with Gasteiger partial charge in [0.05, 0.1) is 7.11 Å². The maximum absolute atomic E-state index is 11.1. The van der Waals surface area contributed by atoms with Crippen LogP contribution in [0.1, 0.15) is 25.8 Å². The summed E-state index contributed by atoms with van der Waals surface area (Å²) in [6.07, 6.45) is 2.24. The Hall–Kier alpha value is -1.62. The maximum atomic E-state index is 11.1. The Kier molecular flexibility index (Phi) is 5.58. The number of methoxy groups -OCH3 is 1. The number of nitrogens with one attached hydrogen (secondary N) is 1. The van der Waals surface area contributed by atoms with Crippen LogP contribution < -0.4 is 10.1 Å². The molecule has 18 heavy (non-hydrogen) atoms. The Bertz CT molecular complexity index is 394. The first kappa shape index (κ1) is 14.4. The van der Waals surface area contributed by atoms with Crippen molar-refractivity contribution in [2.75, 3.05) is 7.11 Å². The molecule has 1 heterocycles. The van der Waals surface area contributed by atoms with Gasteiger partial charge in [0.25, 0.3) is 0 Å². The van der Waals surface area contributed by atoms with Crippen molar-refractivity contribution in [3.8, 4) is 5.88 Å². The average Bonchev–Trinajstić information content (AvgIpc) is 2.34. The van der Waals surface area contributed by atoms with E-state index < -0.39 is 12.0 Å². The van der Waals surface area contributed by atoms with E-state index in [1.54, 1.807) is 19.4 Å². The lowest BCUT2D eigenvalue weighted by atomic mass is 10.0. The highest BCUT2D eigenvalue weighted by molar-refractivity contribution is 5.73. The molecule has 0 aliphatic rings. The minimum Gasteiger partial charge on any atom is -0.481 e. The van der Waals surface area contributed by atoms with Gasteiger partial charge >= 0.3 is 5.97 Å². The summed E-state index contributed by atoms with van der Waals surface area (Å²) >= 11 is 0. The van der Waals surface area contributed by atoms with E-state index in [1.165, 1.54) is 0 Å². The van der Waals surface area contributed by atoms with Crippen molar-refractivity contribution in [1.82, 2.24) is 10.3 Å². The van der Waals surface area contributed by atoms with Crippen LogP contribution in [0.3, 0.4) is 0 Å². The molecule has 0 spiro atoms. The molecule has 0 amide bonds. The molecule has 0 radical (unpaired) electrons. The molecule has 1 unspecified atom stereocenters. The summed E-state index contributed by atoms with van der Waals surface area (Å²) in [6, 6.07) is 3.13. The Labute approximate surface area is 107 Å². The van der Waals surface area contributed by atoms with Crippen LogP contribution in [0.5, 0.6) is 5.88 Å². The van der Waals surface area contributed by atoms with Crippen LogP contribution in [0, 0.1) is 5.92 Å². The molecule has 0 aliphatic carbocycles. The second-order valence-electron chi connectivity index (χ2n) is 4.57. The smallest absolute Gasteiger partial charge is 0.320 e. The molecule has 0 saturated carbocycles. The second-order valence-corrected chi connectivity index (χ2v) is 4.57. The summed E-state index contributed by atoms with van der Waals surface area (Å²) in [4.78, 5) is 15.2. The fraction of sp³-hybridized carbons (Fsp3) is 0.538. The van der Waals surface area contributed by atoms with Gasteiger partial charge in [-0.1, -0.05) is 19.9 Å². The first-order valence-corrected chi connectivity index (χ1v) is 5.98. The molecule has 2 N–H and O–H groups in total. The van der Waals surface area contributed by atoms with E-state index in [2.05, 4.69) is 10.3 Å². The summed E-state index contributed by atoms with van der Waals surface area (Å²) in [7, 11) is 1.55. The van der Waals surface area contributed by atoms with Crippen LogP contribution in [0.4, 0.5) is 0 Å². The number of aromatic nitrogens is 1. The zero-order chi connectivity index (χ0) is 13.5. The van der Waals surface area contributed by atoms with Gasteiger partial charge in [-0.15, -0.1) is 0 Å². The van der Waals surface area contributed by atoms with E-state index in [4.69, 9.17) is 9.84 Å². The topological polar surface area (TPSA) is 71.5 Å². The first-order valence-electron chi connectivity index (χ1n) is 5.98. The molecule has 0 aromatic carbocycles. The fourth-order valence-corrected chi connectivity index (χ4v) is 1.72. The van der Waals surface area contributed by atoms with Crippen molar-refractivity contribution in [3.63, 3.8) is 0 Å². The number of aliphatic carboxylic acids is 1. The highest BCUT2D eigenvalue weighted by Crippen LogP contribution is 2.14. The Morgan fingerprint density at radius 1 is 1.56 bits per heavy atom. The summed E-state index contributed by atoms with van der Waals surface area (Å²) in [6.45, 7) is 4.44. The van der Waals surface area contributed by atoms with Gasteiger partial charge < -0.3 is 15.2 Å². The predicted molar refractivity (Wildman–Crippen MR) is 68.5 cm³/mol. The highest BCUT2D eigenvalue weighted by atomic mass is 16.5. The zero-order valence-corrected chi connectivity index (χ0v) is 11.0. The summed E-state index contributed by atoms with van der Waals surface area (Å²) in [5.74, 6) is 0.0274. The average molecular weight is 252 g/mol. The van der Waals surface area contributed by atoms with E-state index in [0.29, 0.717) is 24.8 Å². The van der Waals surface area contributed by atoms with Gasteiger partial charge in [0.1, 0.15) is 6.04 Å². The largest absolute Gasteiger partial charge is 0.481 e. The van der Waals surface area contributed by atoms with E-state index in [-0.39, 0.29) is 0 Å². The van der Waals surface area contributed by atoms with Crippen LogP contribution in [-0.4, -0.2) is 29.2 Å². The molecule has 5 nitrogen and oxygen atoms in total. The van der Waals surface area contributed by atoms with Crippen LogP contribution >= 0.6 is 0 Å². The summed E-state index contributed by atoms with van der Waals surface area (Å²) in [5, 5.41) is 12.1. The third-order valence-electron chi connectivity index (χ3n) is 2.59. The first-order chi connectivity index (χ1) is 8.54. The van der Waals surface area contributed by atoms with Crippen molar-refractivity contribution < 1.29 is 14.6 Å². The van der Waals surface area contributed by atoms with Crippen LogP contribution in [0.15, 0.2) is 18.3 Å². The molecule has 0 saturated heterocycles. The monoisotopic (exact) mass is 252 g/mol. The lowest BCUT2D eigenvalue weighted by molar-refractivity contribution is -0.140. The van der Waals surface area contributed by atoms with Crippen LogP contribution in [-0.2, 0) is 11.3 Å². The number of hydrogen-bond donors (Lipinski definition) is 2. The Morgan fingerprint density at radius 3 is 2.83 bits per heavy atom. The van der Waals surface area contributed by atoms with Crippen molar-refractivity contribution in [3.05, 3.63) is 23.9 Å². The standard InChI is InChI=1S/C13H20N2O3/c1-9(2)7-11(13(16)17)15-8-10-5-4-6-14-12(10)18-3/h4-6,9,11,15H,7-8H2,1-3H3,(H,16,17). The van der Waals surface area contributed by atoms with Gasteiger partial charge in [-0.2, -0.15) is 0 Å². The van der Waals surface area contributed by atoms with E-state index in [9.17, 15) is 4.79 Å². The number of hydrogen-bond acceptors (Lipinski definition) is 4. The molecule has 0 bridgehead atoms. The number of nitrogens with zero attached hydrogens (tertiary/aromatic N) is 1. The van der Waals surface area contributed by atoms with Crippen LogP contribution in [0.2, 0.25) is 0 Å². The molecule has 1 aromatic rings. The third kappa shape index (κ3) is 4.33. The van der Waals surface area contributed by atoms with Gasteiger partial charge in [0.15, 0.2) is 0 Å². The number of ether oxygens (including phenoxy) is 1. The normalized spacial score (nSPS) is 12.4. The molecule has 100 valence electrons. The molecular weight excluding hydrogens is 232 g/mol. The summed E-state index contributed by atoms with van der Waals surface area (Å²) in [5.41, 5.74) is 0.856.